The fraction of sp³-hybridized carbons (Fsp3) is 0.0769. The molecule has 3 aromatic heterocycles. The summed E-state index contributed by atoms with van der Waals surface area (Å²) in [4.78, 5) is 17.1. The average Bonchev–Trinajstić information content (AvgIpc) is 2.82. The number of nitrogens with zero attached hydrogens (tertiary/aromatic N) is 5. The van der Waals surface area contributed by atoms with Gasteiger partial charge >= 0.3 is 0 Å². The van der Waals surface area contributed by atoms with Crippen molar-refractivity contribution in [3.05, 3.63) is 43.0 Å². The zero-order chi connectivity index (χ0) is 14.1. The van der Waals surface area contributed by atoms with Crippen LogP contribution in [0.2, 0.25) is 0 Å². The summed E-state index contributed by atoms with van der Waals surface area (Å²) >= 11 is 0. The smallest absolute Gasteiger partial charge is 0.183 e. The van der Waals surface area contributed by atoms with Crippen LogP contribution in [0, 0.1) is 0 Å². The largest absolute Gasteiger partial charge is 0.401 e. The van der Waals surface area contributed by atoms with Crippen LogP contribution in [-0.2, 0) is 6.54 Å². The van der Waals surface area contributed by atoms with Crippen LogP contribution in [0.4, 0.5) is 5.82 Å². The SMILES string of the molecule is C=C(N)Cn1cnc2nc(-c3ccccn3)nc(N)c21. The van der Waals surface area contributed by atoms with Gasteiger partial charge in [0.2, 0.25) is 0 Å². The van der Waals surface area contributed by atoms with E-state index in [1.807, 2.05) is 18.2 Å². The molecule has 0 bridgehead atoms. The van der Waals surface area contributed by atoms with Gasteiger partial charge in [0.25, 0.3) is 0 Å². The second-order valence-electron chi connectivity index (χ2n) is 4.35. The highest BCUT2D eigenvalue weighted by molar-refractivity contribution is 5.83. The zero-order valence-corrected chi connectivity index (χ0v) is 10.7. The van der Waals surface area contributed by atoms with Crippen molar-refractivity contribution in [1.82, 2.24) is 24.5 Å². The van der Waals surface area contributed by atoms with Crippen LogP contribution in [0.25, 0.3) is 22.7 Å². The van der Waals surface area contributed by atoms with Gasteiger partial charge in [0.1, 0.15) is 11.2 Å². The van der Waals surface area contributed by atoms with Crippen molar-refractivity contribution in [1.29, 1.82) is 0 Å². The molecule has 0 aliphatic rings. The summed E-state index contributed by atoms with van der Waals surface area (Å²) < 4.78 is 1.77. The van der Waals surface area contributed by atoms with Crippen molar-refractivity contribution in [2.45, 2.75) is 6.54 Å². The molecule has 0 aromatic carbocycles. The van der Waals surface area contributed by atoms with Gasteiger partial charge in [-0.3, -0.25) is 4.98 Å². The summed E-state index contributed by atoms with van der Waals surface area (Å²) in [6.07, 6.45) is 3.30. The van der Waals surface area contributed by atoms with Crippen LogP contribution in [0.1, 0.15) is 0 Å². The molecular weight excluding hydrogens is 254 g/mol. The van der Waals surface area contributed by atoms with Gasteiger partial charge in [0, 0.05) is 11.9 Å². The Morgan fingerprint density at radius 1 is 1.25 bits per heavy atom. The van der Waals surface area contributed by atoms with Crippen molar-refractivity contribution in [2.24, 2.45) is 5.73 Å². The van der Waals surface area contributed by atoms with E-state index in [1.165, 1.54) is 0 Å². The second kappa shape index (κ2) is 4.61. The van der Waals surface area contributed by atoms with Gasteiger partial charge < -0.3 is 16.0 Å². The van der Waals surface area contributed by atoms with Crippen molar-refractivity contribution in [3.63, 3.8) is 0 Å². The van der Waals surface area contributed by atoms with E-state index in [0.717, 1.165) is 0 Å². The molecule has 3 rings (SSSR count). The highest BCUT2D eigenvalue weighted by Gasteiger charge is 2.13. The highest BCUT2D eigenvalue weighted by Crippen LogP contribution is 2.21. The van der Waals surface area contributed by atoms with Crippen LogP contribution in [-0.4, -0.2) is 24.5 Å². The number of rotatable bonds is 3. The normalized spacial score (nSPS) is 10.8. The highest BCUT2D eigenvalue weighted by atomic mass is 15.1. The quantitative estimate of drug-likeness (QED) is 0.731. The van der Waals surface area contributed by atoms with Crippen LogP contribution in [0.3, 0.4) is 0 Å². The van der Waals surface area contributed by atoms with Gasteiger partial charge in [-0.25, -0.2) is 15.0 Å². The molecule has 0 spiro atoms. The maximum Gasteiger partial charge on any atom is 0.183 e. The fourth-order valence-electron chi connectivity index (χ4n) is 1.96. The van der Waals surface area contributed by atoms with Crippen LogP contribution >= 0.6 is 0 Å². The Kier molecular flexibility index (Phi) is 2.79. The van der Waals surface area contributed by atoms with E-state index < -0.39 is 0 Å². The Bertz CT molecular complexity index is 776. The van der Waals surface area contributed by atoms with Crippen LogP contribution < -0.4 is 11.5 Å². The van der Waals surface area contributed by atoms with Gasteiger partial charge in [-0.1, -0.05) is 12.6 Å². The zero-order valence-electron chi connectivity index (χ0n) is 10.7. The summed E-state index contributed by atoms with van der Waals surface area (Å²) in [6.45, 7) is 4.09. The molecule has 4 N–H and O–H groups in total. The number of hydrogen-bond donors (Lipinski definition) is 2. The van der Waals surface area contributed by atoms with E-state index in [9.17, 15) is 0 Å². The minimum atomic E-state index is 0.342. The molecule has 0 aliphatic carbocycles. The fourth-order valence-corrected chi connectivity index (χ4v) is 1.96. The number of imidazole rings is 1. The van der Waals surface area contributed by atoms with E-state index in [4.69, 9.17) is 11.5 Å². The van der Waals surface area contributed by atoms with Gasteiger partial charge in [0.05, 0.1) is 12.9 Å². The molecule has 0 saturated heterocycles. The summed E-state index contributed by atoms with van der Waals surface area (Å²) in [5.74, 6) is 0.793. The third-order valence-corrected chi connectivity index (χ3v) is 2.77. The van der Waals surface area contributed by atoms with Crippen molar-refractivity contribution in [3.8, 4) is 11.5 Å². The number of hydrogen-bond acceptors (Lipinski definition) is 6. The predicted molar refractivity (Wildman–Crippen MR) is 76.3 cm³/mol. The lowest BCUT2D eigenvalue weighted by Crippen LogP contribution is -2.08. The Labute approximate surface area is 115 Å². The standard InChI is InChI=1S/C13H13N7/c1-8(14)6-20-7-17-13-10(20)11(15)18-12(19-13)9-4-2-3-5-16-9/h2-5,7H,1,6,14H2,(H2,15,18,19). The first-order chi connectivity index (χ1) is 9.65. The van der Waals surface area contributed by atoms with Gasteiger partial charge in [-0.2, -0.15) is 0 Å². The second-order valence-corrected chi connectivity index (χ2v) is 4.35. The molecule has 3 aromatic rings. The first-order valence-corrected chi connectivity index (χ1v) is 5.98. The predicted octanol–water partition coefficient (Wildman–Crippen LogP) is 0.943. The van der Waals surface area contributed by atoms with Crippen molar-refractivity contribution < 1.29 is 0 Å². The van der Waals surface area contributed by atoms with Crippen molar-refractivity contribution >= 4 is 17.0 Å². The molecule has 7 nitrogen and oxygen atoms in total. The molecule has 0 atom stereocenters. The molecule has 0 unspecified atom stereocenters. The molecule has 3 heterocycles. The monoisotopic (exact) mass is 267 g/mol. The molecule has 100 valence electrons. The lowest BCUT2D eigenvalue weighted by atomic mass is 10.3. The van der Waals surface area contributed by atoms with Gasteiger partial charge in [-0.15, -0.1) is 0 Å². The number of nitrogens with two attached hydrogens (primary N) is 2. The minimum absolute atomic E-state index is 0.342. The van der Waals surface area contributed by atoms with Gasteiger partial charge in [-0.05, 0) is 12.1 Å². The third kappa shape index (κ3) is 2.05. The summed E-state index contributed by atoms with van der Waals surface area (Å²) in [6, 6.07) is 5.51. The van der Waals surface area contributed by atoms with Crippen molar-refractivity contribution in [2.75, 3.05) is 5.73 Å². The number of fused-ring (bicyclic) bond motifs is 1. The molecule has 0 amide bonds. The van der Waals surface area contributed by atoms with E-state index in [-0.39, 0.29) is 0 Å². The summed E-state index contributed by atoms with van der Waals surface area (Å²) in [5.41, 5.74) is 13.9. The summed E-state index contributed by atoms with van der Waals surface area (Å²) in [7, 11) is 0. The molecule has 20 heavy (non-hydrogen) atoms. The number of aromatic nitrogens is 5. The van der Waals surface area contributed by atoms with E-state index in [2.05, 4.69) is 26.5 Å². The van der Waals surface area contributed by atoms with Crippen LogP contribution in [0.5, 0.6) is 0 Å². The lowest BCUT2D eigenvalue weighted by Gasteiger charge is -2.06. The van der Waals surface area contributed by atoms with E-state index >= 15 is 0 Å². The molecular formula is C13H13N7. The number of pyridine rings is 1. The number of allylic oxidation sites excluding steroid dienone is 1. The Morgan fingerprint density at radius 3 is 2.80 bits per heavy atom. The lowest BCUT2D eigenvalue weighted by molar-refractivity contribution is 0.802. The first-order valence-electron chi connectivity index (χ1n) is 5.98. The Hall–Kier alpha value is -2.96. The Balaban J connectivity index is 2.15. The maximum absolute atomic E-state index is 6.01. The first kappa shape index (κ1) is 12.1. The molecule has 0 saturated carbocycles. The summed E-state index contributed by atoms with van der Waals surface area (Å²) in [5, 5.41) is 0. The Morgan fingerprint density at radius 2 is 2.10 bits per heavy atom. The average molecular weight is 267 g/mol. The third-order valence-electron chi connectivity index (χ3n) is 2.77. The molecule has 7 heteroatoms. The van der Waals surface area contributed by atoms with Crippen LogP contribution in [0.15, 0.2) is 43.0 Å². The molecule has 0 aliphatic heterocycles. The minimum Gasteiger partial charge on any atom is -0.401 e. The topological polar surface area (TPSA) is 109 Å². The van der Waals surface area contributed by atoms with E-state index in [0.29, 0.717) is 40.7 Å². The molecule has 0 fully saturated rings. The van der Waals surface area contributed by atoms with Gasteiger partial charge in [0.15, 0.2) is 17.3 Å². The maximum atomic E-state index is 6.01. The molecule has 0 radical (unpaired) electrons. The number of anilines is 1. The van der Waals surface area contributed by atoms with E-state index in [1.54, 1.807) is 17.1 Å². The number of nitrogen functional groups attached to an aromatic ring is 1.